The first-order valence-electron chi connectivity index (χ1n) is 7.85. The predicted molar refractivity (Wildman–Crippen MR) is 86.1 cm³/mol. The van der Waals surface area contributed by atoms with E-state index in [4.69, 9.17) is 0 Å². The highest BCUT2D eigenvalue weighted by molar-refractivity contribution is 5.28. The number of hydrogen-bond acceptors (Lipinski definition) is 2. The Bertz CT molecular complexity index is 567. The molecule has 21 heavy (non-hydrogen) atoms. The van der Waals surface area contributed by atoms with Crippen molar-refractivity contribution >= 4 is 0 Å². The minimum absolute atomic E-state index is 0.357. The van der Waals surface area contributed by atoms with E-state index in [1.807, 2.05) is 30.3 Å². The first kappa shape index (κ1) is 14.3. The average Bonchev–Trinajstić information content (AvgIpc) is 2.75. The lowest BCUT2D eigenvalue weighted by atomic mass is 10.0. The number of benzene rings is 2. The Morgan fingerprint density at radius 2 is 1.67 bits per heavy atom. The van der Waals surface area contributed by atoms with E-state index in [1.165, 1.54) is 24.0 Å². The van der Waals surface area contributed by atoms with E-state index in [2.05, 4.69) is 29.2 Å². The van der Waals surface area contributed by atoms with Gasteiger partial charge in [-0.1, -0.05) is 54.6 Å². The van der Waals surface area contributed by atoms with Crippen LogP contribution in [0.5, 0.6) is 0 Å². The van der Waals surface area contributed by atoms with Crippen LogP contribution in [0.15, 0.2) is 54.6 Å². The second-order valence-electron chi connectivity index (χ2n) is 5.86. The molecule has 1 atom stereocenters. The van der Waals surface area contributed by atoms with Crippen LogP contribution in [-0.4, -0.2) is 23.1 Å². The standard InChI is InChI=1S/C19H23NO/c21-19(17-8-2-1-3-9-17)12-14-20-13-6-11-16-7-4-5-10-18(16)15-20/h1-5,7-10,19,21H,6,11-15H2/t19-/m1/s1. The highest BCUT2D eigenvalue weighted by Gasteiger charge is 2.15. The lowest BCUT2D eigenvalue weighted by Gasteiger charge is -2.22. The summed E-state index contributed by atoms with van der Waals surface area (Å²) in [6.45, 7) is 3.08. The molecule has 0 aromatic heterocycles. The third-order valence-electron chi connectivity index (χ3n) is 4.34. The summed E-state index contributed by atoms with van der Waals surface area (Å²) in [6, 6.07) is 18.7. The number of nitrogens with zero attached hydrogens (tertiary/aromatic N) is 1. The van der Waals surface area contributed by atoms with Crippen molar-refractivity contribution in [3.63, 3.8) is 0 Å². The topological polar surface area (TPSA) is 23.5 Å². The van der Waals surface area contributed by atoms with Crippen molar-refractivity contribution in [3.05, 3.63) is 71.3 Å². The van der Waals surface area contributed by atoms with E-state index >= 15 is 0 Å². The van der Waals surface area contributed by atoms with Gasteiger partial charge < -0.3 is 5.11 Å². The minimum atomic E-state index is -0.357. The van der Waals surface area contributed by atoms with Crippen LogP contribution in [0.4, 0.5) is 0 Å². The molecule has 0 spiro atoms. The molecule has 0 radical (unpaired) electrons. The van der Waals surface area contributed by atoms with Crippen molar-refractivity contribution in [1.29, 1.82) is 0 Å². The molecule has 0 saturated carbocycles. The molecular formula is C19H23NO. The Morgan fingerprint density at radius 3 is 2.48 bits per heavy atom. The van der Waals surface area contributed by atoms with E-state index in [9.17, 15) is 5.11 Å². The van der Waals surface area contributed by atoms with Gasteiger partial charge in [0.1, 0.15) is 0 Å². The van der Waals surface area contributed by atoms with Gasteiger partial charge in [-0.3, -0.25) is 4.90 Å². The summed E-state index contributed by atoms with van der Waals surface area (Å²) in [4.78, 5) is 2.47. The molecular weight excluding hydrogens is 258 g/mol. The van der Waals surface area contributed by atoms with Crippen LogP contribution in [0.25, 0.3) is 0 Å². The predicted octanol–water partition coefficient (Wildman–Crippen LogP) is 3.56. The normalized spacial score (nSPS) is 17.0. The summed E-state index contributed by atoms with van der Waals surface area (Å²) < 4.78 is 0. The lowest BCUT2D eigenvalue weighted by Crippen LogP contribution is -2.25. The highest BCUT2D eigenvalue weighted by atomic mass is 16.3. The average molecular weight is 281 g/mol. The molecule has 2 aromatic carbocycles. The van der Waals surface area contributed by atoms with E-state index < -0.39 is 0 Å². The lowest BCUT2D eigenvalue weighted by molar-refractivity contribution is 0.140. The summed E-state index contributed by atoms with van der Waals surface area (Å²) in [5.41, 5.74) is 3.96. The van der Waals surface area contributed by atoms with Gasteiger partial charge in [-0.05, 0) is 42.5 Å². The molecule has 0 aliphatic carbocycles. The summed E-state index contributed by atoms with van der Waals surface area (Å²) in [6.07, 6.45) is 2.82. The van der Waals surface area contributed by atoms with Gasteiger partial charge in [0, 0.05) is 13.1 Å². The van der Waals surface area contributed by atoms with Crippen LogP contribution < -0.4 is 0 Å². The molecule has 2 heteroatoms. The van der Waals surface area contributed by atoms with Gasteiger partial charge in [0.2, 0.25) is 0 Å². The monoisotopic (exact) mass is 281 g/mol. The third-order valence-corrected chi connectivity index (χ3v) is 4.34. The van der Waals surface area contributed by atoms with E-state index in [0.717, 1.165) is 31.6 Å². The smallest absolute Gasteiger partial charge is 0.0802 e. The zero-order valence-electron chi connectivity index (χ0n) is 12.4. The minimum Gasteiger partial charge on any atom is -0.388 e. The van der Waals surface area contributed by atoms with Gasteiger partial charge in [-0.15, -0.1) is 0 Å². The molecule has 3 rings (SSSR count). The van der Waals surface area contributed by atoms with Gasteiger partial charge in [0.15, 0.2) is 0 Å². The van der Waals surface area contributed by atoms with Crippen molar-refractivity contribution in [2.75, 3.05) is 13.1 Å². The number of aliphatic hydroxyl groups excluding tert-OH is 1. The molecule has 0 fully saturated rings. The first-order valence-corrected chi connectivity index (χ1v) is 7.85. The number of hydrogen-bond donors (Lipinski definition) is 1. The van der Waals surface area contributed by atoms with Crippen LogP contribution in [0.1, 0.15) is 35.6 Å². The summed E-state index contributed by atoms with van der Waals surface area (Å²) >= 11 is 0. The zero-order valence-corrected chi connectivity index (χ0v) is 12.4. The van der Waals surface area contributed by atoms with Gasteiger partial charge in [-0.25, -0.2) is 0 Å². The number of rotatable bonds is 4. The number of aliphatic hydroxyl groups is 1. The molecule has 1 N–H and O–H groups in total. The van der Waals surface area contributed by atoms with Crippen LogP contribution in [0.3, 0.4) is 0 Å². The fourth-order valence-electron chi connectivity index (χ4n) is 3.11. The summed E-state index contributed by atoms with van der Waals surface area (Å²) in [7, 11) is 0. The van der Waals surface area contributed by atoms with Crippen molar-refractivity contribution in [2.45, 2.75) is 31.9 Å². The Labute approximate surface area is 127 Å². The Balaban J connectivity index is 1.59. The molecule has 0 unspecified atom stereocenters. The van der Waals surface area contributed by atoms with Crippen LogP contribution >= 0.6 is 0 Å². The summed E-state index contributed by atoms with van der Waals surface area (Å²) in [5, 5.41) is 10.3. The fourth-order valence-corrected chi connectivity index (χ4v) is 3.11. The molecule has 110 valence electrons. The molecule has 2 nitrogen and oxygen atoms in total. The van der Waals surface area contributed by atoms with Crippen molar-refractivity contribution in [1.82, 2.24) is 4.90 Å². The zero-order chi connectivity index (χ0) is 14.5. The Hall–Kier alpha value is -1.64. The van der Waals surface area contributed by atoms with Gasteiger partial charge in [0.25, 0.3) is 0 Å². The highest BCUT2D eigenvalue weighted by Crippen LogP contribution is 2.21. The molecule has 0 saturated heterocycles. The van der Waals surface area contributed by atoms with E-state index in [-0.39, 0.29) is 6.10 Å². The van der Waals surface area contributed by atoms with E-state index in [0.29, 0.717) is 0 Å². The van der Waals surface area contributed by atoms with Gasteiger partial charge in [0.05, 0.1) is 6.10 Å². The third kappa shape index (κ3) is 3.72. The first-order chi connectivity index (χ1) is 10.3. The van der Waals surface area contributed by atoms with E-state index in [1.54, 1.807) is 0 Å². The largest absolute Gasteiger partial charge is 0.388 e. The molecule has 1 aliphatic heterocycles. The Kier molecular flexibility index (Phi) is 4.69. The Morgan fingerprint density at radius 1 is 0.952 bits per heavy atom. The number of fused-ring (bicyclic) bond motifs is 1. The molecule has 1 aliphatic rings. The van der Waals surface area contributed by atoms with Gasteiger partial charge in [-0.2, -0.15) is 0 Å². The maximum atomic E-state index is 10.3. The molecule has 0 bridgehead atoms. The molecule has 0 amide bonds. The summed E-state index contributed by atoms with van der Waals surface area (Å²) in [5.74, 6) is 0. The molecule has 2 aromatic rings. The maximum absolute atomic E-state index is 10.3. The van der Waals surface area contributed by atoms with Crippen LogP contribution in [0.2, 0.25) is 0 Å². The van der Waals surface area contributed by atoms with Crippen LogP contribution in [0, 0.1) is 0 Å². The van der Waals surface area contributed by atoms with Gasteiger partial charge >= 0.3 is 0 Å². The second-order valence-corrected chi connectivity index (χ2v) is 5.86. The van der Waals surface area contributed by atoms with Crippen molar-refractivity contribution in [2.24, 2.45) is 0 Å². The van der Waals surface area contributed by atoms with Crippen LogP contribution in [-0.2, 0) is 13.0 Å². The van der Waals surface area contributed by atoms with Crippen molar-refractivity contribution < 1.29 is 5.11 Å². The number of aryl methyl sites for hydroxylation is 1. The maximum Gasteiger partial charge on any atom is 0.0802 e. The fraction of sp³-hybridized carbons (Fsp3) is 0.368. The molecule has 1 heterocycles. The SMILES string of the molecule is O[C@H](CCN1CCCc2ccccc2C1)c1ccccc1. The second kappa shape index (κ2) is 6.88. The quantitative estimate of drug-likeness (QED) is 0.926. The van der Waals surface area contributed by atoms with Crippen molar-refractivity contribution in [3.8, 4) is 0 Å².